The largest absolute Gasteiger partial charge is 0.449 e. The van der Waals surface area contributed by atoms with Crippen LogP contribution in [0.3, 0.4) is 0 Å². The summed E-state index contributed by atoms with van der Waals surface area (Å²) in [4.78, 5) is 28.0. The lowest BCUT2D eigenvalue weighted by atomic mass is 10.1. The van der Waals surface area contributed by atoms with Gasteiger partial charge in [-0.15, -0.1) is 0 Å². The summed E-state index contributed by atoms with van der Waals surface area (Å²) >= 11 is 17.7. The lowest BCUT2D eigenvalue weighted by Crippen LogP contribution is -2.37. The molecule has 1 aromatic carbocycles. The van der Waals surface area contributed by atoms with Crippen molar-refractivity contribution in [3.05, 3.63) is 62.9 Å². The molecule has 0 unspecified atom stereocenters. The minimum atomic E-state index is -0.989. The van der Waals surface area contributed by atoms with Gasteiger partial charge in [0, 0.05) is 16.2 Å². The summed E-state index contributed by atoms with van der Waals surface area (Å²) in [6, 6.07) is 7.56. The lowest BCUT2D eigenvalue weighted by molar-refractivity contribution is -0.129. The molecule has 0 radical (unpaired) electrons. The van der Waals surface area contributed by atoms with Gasteiger partial charge in [0.1, 0.15) is 5.15 Å². The van der Waals surface area contributed by atoms with Crippen molar-refractivity contribution in [2.45, 2.75) is 26.0 Å². The molecule has 0 bridgehead atoms. The molecule has 0 saturated carbocycles. The second kappa shape index (κ2) is 8.52. The van der Waals surface area contributed by atoms with Crippen LogP contribution in [0.5, 0.6) is 0 Å². The average Bonchev–Trinajstić information content (AvgIpc) is 2.55. The van der Waals surface area contributed by atoms with Crippen molar-refractivity contribution in [3.63, 3.8) is 0 Å². The Balaban J connectivity index is 1.97. The third-order valence-corrected chi connectivity index (χ3v) is 4.19. The number of pyridine rings is 1. The molecule has 0 aliphatic rings. The molecule has 0 fully saturated rings. The van der Waals surface area contributed by atoms with E-state index in [9.17, 15) is 9.59 Å². The molecule has 132 valence electrons. The molecule has 0 spiro atoms. The normalized spacial score (nSPS) is 13.0. The third kappa shape index (κ3) is 5.33. The van der Waals surface area contributed by atoms with Crippen LogP contribution in [0.15, 0.2) is 36.5 Å². The summed E-state index contributed by atoms with van der Waals surface area (Å²) in [5, 5.41) is 3.95. The molecule has 2 rings (SSSR count). The Labute approximate surface area is 160 Å². The molecule has 1 aromatic heterocycles. The molecule has 2 aromatic rings. The first-order valence-corrected chi connectivity index (χ1v) is 8.49. The second-order valence-electron chi connectivity index (χ2n) is 5.31. The van der Waals surface area contributed by atoms with Crippen molar-refractivity contribution in [2.75, 3.05) is 0 Å². The van der Waals surface area contributed by atoms with Crippen molar-refractivity contribution in [3.8, 4) is 0 Å². The molecular formula is C17H15Cl3N2O3. The fourth-order valence-electron chi connectivity index (χ4n) is 2.04. The predicted molar refractivity (Wildman–Crippen MR) is 97.1 cm³/mol. The summed E-state index contributed by atoms with van der Waals surface area (Å²) in [6.07, 6.45) is 0.294. The standard InChI is InChI=1S/C17H15Cl3N2O3/c1-9(13-5-4-12(18)7-14(13)19)22-16(23)10(2)25-17(24)11-3-6-15(20)21-8-11/h3-10H,1-2H3,(H,22,23)/t9-,10-/m1/s1. The maximum Gasteiger partial charge on any atom is 0.340 e. The van der Waals surface area contributed by atoms with Crippen molar-refractivity contribution in [1.82, 2.24) is 10.3 Å². The molecule has 0 aliphatic carbocycles. The van der Waals surface area contributed by atoms with Crippen LogP contribution < -0.4 is 5.32 Å². The number of halogens is 3. The van der Waals surface area contributed by atoms with Gasteiger partial charge in [-0.1, -0.05) is 40.9 Å². The minimum absolute atomic E-state index is 0.206. The summed E-state index contributed by atoms with van der Waals surface area (Å²) < 4.78 is 5.14. The number of carbonyl (C=O) groups is 2. The van der Waals surface area contributed by atoms with Crippen LogP contribution in [0, 0.1) is 0 Å². The SMILES string of the molecule is C[C@@H](OC(=O)c1ccc(Cl)nc1)C(=O)N[C@H](C)c1ccc(Cl)cc1Cl. The Hall–Kier alpha value is -1.82. The van der Waals surface area contributed by atoms with Gasteiger partial charge in [-0.2, -0.15) is 0 Å². The van der Waals surface area contributed by atoms with Gasteiger partial charge in [-0.3, -0.25) is 4.79 Å². The van der Waals surface area contributed by atoms with Crippen LogP contribution in [0.2, 0.25) is 15.2 Å². The summed E-state index contributed by atoms with van der Waals surface area (Å²) in [7, 11) is 0. The predicted octanol–water partition coefficient (Wildman–Crippen LogP) is 4.46. The van der Waals surface area contributed by atoms with E-state index in [2.05, 4.69) is 10.3 Å². The number of amides is 1. The topological polar surface area (TPSA) is 68.3 Å². The fraction of sp³-hybridized carbons (Fsp3) is 0.235. The zero-order chi connectivity index (χ0) is 18.6. The minimum Gasteiger partial charge on any atom is -0.449 e. The number of nitrogens with zero attached hydrogens (tertiary/aromatic N) is 1. The first-order chi connectivity index (χ1) is 11.8. The fourth-order valence-corrected chi connectivity index (χ4v) is 2.72. The second-order valence-corrected chi connectivity index (χ2v) is 6.54. The number of ether oxygens (including phenoxy) is 1. The number of benzene rings is 1. The van der Waals surface area contributed by atoms with Gasteiger partial charge in [-0.25, -0.2) is 9.78 Å². The summed E-state index contributed by atoms with van der Waals surface area (Å²) in [5.41, 5.74) is 0.915. The Morgan fingerprint density at radius 1 is 1.12 bits per heavy atom. The van der Waals surface area contributed by atoms with Gasteiger partial charge in [0.2, 0.25) is 0 Å². The van der Waals surface area contributed by atoms with Crippen molar-refractivity contribution < 1.29 is 14.3 Å². The van der Waals surface area contributed by atoms with E-state index >= 15 is 0 Å². The quantitative estimate of drug-likeness (QED) is 0.593. The van der Waals surface area contributed by atoms with E-state index in [1.807, 2.05) is 0 Å². The van der Waals surface area contributed by atoms with E-state index in [4.69, 9.17) is 39.5 Å². The highest BCUT2D eigenvalue weighted by molar-refractivity contribution is 6.35. The highest BCUT2D eigenvalue weighted by Crippen LogP contribution is 2.26. The van der Waals surface area contributed by atoms with Crippen LogP contribution in [0.4, 0.5) is 0 Å². The summed E-state index contributed by atoms with van der Waals surface area (Å²) in [6.45, 7) is 3.25. The van der Waals surface area contributed by atoms with Crippen LogP contribution in [-0.4, -0.2) is 23.0 Å². The van der Waals surface area contributed by atoms with Gasteiger partial charge in [-0.05, 0) is 43.7 Å². The lowest BCUT2D eigenvalue weighted by Gasteiger charge is -2.19. The van der Waals surface area contributed by atoms with Crippen LogP contribution >= 0.6 is 34.8 Å². The van der Waals surface area contributed by atoms with Gasteiger partial charge >= 0.3 is 5.97 Å². The van der Waals surface area contributed by atoms with Gasteiger partial charge in [0.25, 0.3) is 5.91 Å². The van der Waals surface area contributed by atoms with Crippen LogP contribution in [0.25, 0.3) is 0 Å². The zero-order valence-electron chi connectivity index (χ0n) is 13.4. The maximum atomic E-state index is 12.2. The van der Waals surface area contributed by atoms with Crippen LogP contribution in [-0.2, 0) is 9.53 Å². The molecule has 0 saturated heterocycles. The number of rotatable bonds is 5. The molecule has 1 N–H and O–H groups in total. The third-order valence-electron chi connectivity index (χ3n) is 3.40. The van der Waals surface area contributed by atoms with E-state index in [0.717, 1.165) is 0 Å². The molecule has 0 aliphatic heterocycles. The van der Waals surface area contributed by atoms with Crippen molar-refractivity contribution >= 4 is 46.7 Å². The Morgan fingerprint density at radius 3 is 2.44 bits per heavy atom. The molecular weight excluding hydrogens is 387 g/mol. The summed E-state index contributed by atoms with van der Waals surface area (Å²) in [5.74, 6) is -1.11. The molecule has 1 heterocycles. The average molecular weight is 402 g/mol. The number of hydrogen-bond acceptors (Lipinski definition) is 4. The molecule has 1 amide bonds. The number of carbonyl (C=O) groups excluding carboxylic acids is 2. The van der Waals surface area contributed by atoms with Gasteiger partial charge < -0.3 is 10.1 Å². The Morgan fingerprint density at radius 2 is 1.84 bits per heavy atom. The number of esters is 1. The highest BCUT2D eigenvalue weighted by Gasteiger charge is 2.22. The number of nitrogens with one attached hydrogen (secondary N) is 1. The molecule has 2 atom stereocenters. The van der Waals surface area contributed by atoms with E-state index in [1.54, 1.807) is 25.1 Å². The van der Waals surface area contributed by atoms with Gasteiger partial charge in [0.05, 0.1) is 11.6 Å². The highest BCUT2D eigenvalue weighted by atomic mass is 35.5. The van der Waals surface area contributed by atoms with E-state index in [1.165, 1.54) is 25.3 Å². The molecule has 25 heavy (non-hydrogen) atoms. The van der Waals surface area contributed by atoms with E-state index < -0.39 is 18.0 Å². The zero-order valence-corrected chi connectivity index (χ0v) is 15.7. The Kier molecular flexibility index (Phi) is 6.64. The number of hydrogen-bond donors (Lipinski definition) is 1. The maximum absolute atomic E-state index is 12.2. The molecule has 5 nitrogen and oxygen atoms in total. The van der Waals surface area contributed by atoms with E-state index in [0.29, 0.717) is 15.6 Å². The van der Waals surface area contributed by atoms with E-state index in [-0.39, 0.29) is 16.8 Å². The Bertz CT molecular complexity index is 781. The van der Waals surface area contributed by atoms with Crippen LogP contribution in [0.1, 0.15) is 35.8 Å². The van der Waals surface area contributed by atoms with Crippen molar-refractivity contribution in [2.24, 2.45) is 0 Å². The first kappa shape index (κ1) is 19.5. The first-order valence-electron chi connectivity index (χ1n) is 7.35. The smallest absolute Gasteiger partial charge is 0.340 e. The monoisotopic (exact) mass is 400 g/mol. The molecule has 8 heteroatoms. The van der Waals surface area contributed by atoms with Crippen molar-refractivity contribution in [1.29, 1.82) is 0 Å². The number of aromatic nitrogens is 1. The van der Waals surface area contributed by atoms with Gasteiger partial charge in [0.15, 0.2) is 6.10 Å².